The lowest BCUT2D eigenvalue weighted by Crippen LogP contribution is -2.39. The summed E-state index contributed by atoms with van der Waals surface area (Å²) in [6.07, 6.45) is 2.50. The van der Waals surface area contributed by atoms with Crippen LogP contribution in [-0.2, 0) is 0 Å². The summed E-state index contributed by atoms with van der Waals surface area (Å²) in [4.78, 5) is 21.0. The normalized spacial score (nSPS) is 16.6. The van der Waals surface area contributed by atoms with E-state index in [2.05, 4.69) is 29.0 Å². The van der Waals surface area contributed by atoms with Crippen LogP contribution in [0.1, 0.15) is 20.3 Å². The molecule has 1 fully saturated rings. The van der Waals surface area contributed by atoms with Gasteiger partial charge in [0.05, 0.1) is 0 Å². The Hall–Kier alpha value is -2.67. The van der Waals surface area contributed by atoms with Crippen molar-refractivity contribution in [3.63, 3.8) is 0 Å². The number of carbonyl (C=O) groups is 1. The number of pyridine rings is 1. The molecule has 1 aromatic heterocycles. The van der Waals surface area contributed by atoms with E-state index in [9.17, 15) is 9.18 Å². The molecule has 0 saturated carbocycles. The minimum atomic E-state index is -0.484. The average molecular weight is 372 g/mol. The first kappa shape index (κ1) is 19.1. The highest BCUT2D eigenvalue weighted by Crippen LogP contribution is 2.29. The Kier molecular flexibility index (Phi) is 6.24. The molecule has 0 bridgehead atoms. The molecule has 1 aromatic carbocycles. The van der Waals surface area contributed by atoms with E-state index in [0.717, 1.165) is 19.5 Å². The van der Waals surface area contributed by atoms with Crippen molar-refractivity contribution in [3.8, 4) is 11.6 Å². The van der Waals surface area contributed by atoms with Gasteiger partial charge in [0.1, 0.15) is 5.69 Å². The second kappa shape index (κ2) is 8.81. The zero-order valence-electron chi connectivity index (χ0n) is 15.7. The van der Waals surface area contributed by atoms with Gasteiger partial charge in [-0.15, -0.1) is 0 Å². The number of benzene rings is 1. The fraction of sp³-hybridized carbons (Fsp3) is 0.400. The minimum absolute atomic E-state index is 0.0643. The molecule has 1 unspecified atom stereocenters. The van der Waals surface area contributed by atoms with Crippen LogP contribution in [0.3, 0.4) is 0 Å². The Morgan fingerprint density at radius 3 is 2.81 bits per heavy atom. The van der Waals surface area contributed by atoms with Crippen LogP contribution in [0.2, 0.25) is 0 Å². The number of hydrogen-bond acceptors (Lipinski definition) is 4. The van der Waals surface area contributed by atoms with Gasteiger partial charge >= 0.3 is 6.03 Å². The number of para-hydroxylation sites is 1. The number of anilines is 1. The molecule has 1 saturated heterocycles. The Bertz CT molecular complexity index is 782. The summed E-state index contributed by atoms with van der Waals surface area (Å²) in [6.45, 7) is 7.61. The van der Waals surface area contributed by atoms with Crippen LogP contribution < -0.4 is 10.1 Å². The molecule has 144 valence electrons. The molecule has 3 rings (SSSR count). The fourth-order valence-electron chi connectivity index (χ4n) is 3.36. The van der Waals surface area contributed by atoms with E-state index in [1.807, 2.05) is 0 Å². The Morgan fingerprint density at radius 1 is 1.30 bits per heavy atom. The molecule has 2 aromatic rings. The van der Waals surface area contributed by atoms with Crippen LogP contribution in [0.4, 0.5) is 14.9 Å². The summed E-state index contributed by atoms with van der Waals surface area (Å²) < 4.78 is 19.4. The number of likely N-dealkylation sites (tertiary alicyclic amines) is 1. The first-order chi connectivity index (χ1) is 13.1. The average Bonchev–Trinajstić information content (AvgIpc) is 3.16. The third-order valence-corrected chi connectivity index (χ3v) is 4.84. The molecule has 1 aliphatic heterocycles. The van der Waals surface area contributed by atoms with Crippen LogP contribution in [-0.4, -0.2) is 53.0 Å². The molecule has 1 atom stereocenters. The predicted molar refractivity (Wildman–Crippen MR) is 103 cm³/mol. The van der Waals surface area contributed by atoms with Crippen molar-refractivity contribution in [3.05, 3.63) is 48.4 Å². The molecule has 0 spiro atoms. The maximum atomic E-state index is 13.8. The smallest absolute Gasteiger partial charge is 0.322 e. The van der Waals surface area contributed by atoms with Gasteiger partial charge < -0.3 is 15.0 Å². The van der Waals surface area contributed by atoms with E-state index < -0.39 is 5.82 Å². The molecule has 6 nitrogen and oxygen atoms in total. The molecule has 7 heteroatoms. The van der Waals surface area contributed by atoms with Crippen molar-refractivity contribution < 1.29 is 13.9 Å². The van der Waals surface area contributed by atoms with Gasteiger partial charge in [-0.1, -0.05) is 26.0 Å². The van der Waals surface area contributed by atoms with Gasteiger partial charge in [0.25, 0.3) is 0 Å². The molecular formula is C20H25FN4O2. The summed E-state index contributed by atoms with van der Waals surface area (Å²) in [7, 11) is 0. The van der Waals surface area contributed by atoms with Gasteiger partial charge in [0.15, 0.2) is 11.6 Å². The Balaban J connectivity index is 1.68. The van der Waals surface area contributed by atoms with Gasteiger partial charge in [-0.05, 0) is 43.8 Å². The SMILES string of the molecule is CCN(CC)C1CCN(C(=O)Nc2cccnc2Oc2ccccc2F)C1. The highest BCUT2D eigenvalue weighted by molar-refractivity contribution is 5.90. The van der Waals surface area contributed by atoms with Crippen molar-refractivity contribution in [2.75, 3.05) is 31.5 Å². The Morgan fingerprint density at radius 2 is 2.07 bits per heavy atom. The van der Waals surface area contributed by atoms with Gasteiger partial charge in [0.2, 0.25) is 5.88 Å². The van der Waals surface area contributed by atoms with E-state index in [-0.39, 0.29) is 17.7 Å². The zero-order valence-corrected chi connectivity index (χ0v) is 15.7. The summed E-state index contributed by atoms with van der Waals surface area (Å²) in [5, 5.41) is 2.85. The minimum Gasteiger partial charge on any atom is -0.434 e. The number of amides is 2. The number of ether oxygens (including phenoxy) is 1. The molecule has 2 heterocycles. The van der Waals surface area contributed by atoms with E-state index >= 15 is 0 Å². The monoisotopic (exact) mass is 372 g/mol. The fourth-order valence-corrected chi connectivity index (χ4v) is 3.36. The second-order valence-electron chi connectivity index (χ2n) is 6.43. The van der Waals surface area contributed by atoms with E-state index in [1.54, 1.807) is 29.2 Å². The molecule has 1 N–H and O–H groups in total. The maximum absolute atomic E-state index is 13.8. The van der Waals surface area contributed by atoms with Crippen LogP contribution in [0.25, 0.3) is 0 Å². The second-order valence-corrected chi connectivity index (χ2v) is 6.43. The van der Waals surface area contributed by atoms with E-state index in [4.69, 9.17) is 4.74 Å². The third-order valence-electron chi connectivity index (χ3n) is 4.84. The number of aromatic nitrogens is 1. The molecule has 1 aliphatic rings. The van der Waals surface area contributed by atoms with Crippen molar-refractivity contribution in [1.82, 2.24) is 14.8 Å². The number of urea groups is 1. The van der Waals surface area contributed by atoms with Gasteiger partial charge in [0, 0.05) is 25.3 Å². The first-order valence-corrected chi connectivity index (χ1v) is 9.29. The molecule has 2 amide bonds. The van der Waals surface area contributed by atoms with Gasteiger partial charge in [-0.3, -0.25) is 4.90 Å². The lowest BCUT2D eigenvalue weighted by Gasteiger charge is -2.26. The third kappa shape index (κ3) is 4.54. The predicted octanol–water partition coefficient (Wildman–Crippen LogP) is 3.96. The molecule has 0 radical (unpaired) electrons. The topological polar surface area (TPSA) is 57.7 Å². The number of nitrogens with one attached hydrogen (secondary N) is 1. The number of rotatable bonds is 6. The zero-order chi connectivity index (χ0) is 19.2. The van der Waals surface area contributed by atoms with E-state index in [1.165, 1.54) is 18.3 Å². The van der Waals surface area contributed by atoms with Crippen molar-refractivity contribution in [2.24, 2.45) is 0 Å². The van der Waals surface area contributed by atoms with Gasteiger partial charge in [-0.2, -0.15) is 0 Å². The lowest BCUT2D eigenvalue weighted by molar-refractivity contribution is 0.202. The van der Waals surface area contributed by atoms with Crippen molar-refractivity contribution in [2.45, 2.75) is 26.3 Å². The quantitative estimate of drug-likeness (QED) is 0.834. The highest BCUT2D eigenvalue weighted by atomic mass is 19.1. The summed E-state index contributed by atoms with van der Waals surface area (Å²) in [5.41, 5.74) is 0.414. The molecule has 27 heavy (non-hydrogen) atoms. The maximum Gasteiger partial charge on any atom is 0.322 e. The number of carbonyl (C=O) groups excluding carboxylic acids is 1. The summed E-state index contributed by atoms with van der Waals surface area (Å²) in [5.74, 6) is -0.257. The van der Waals surface area contributed by atoms with Crippen LogP contribution in [0.5, 0.6) is 11.6 Å². The highest BCUT2D eigenvalue weighted by Gasteiger charge is 2.29. The Labute approximate surface area is 158 Å². The van der Waals surface area contributed by atoms with Crippen molar-refractivity contribution in [1.29, 1.82) is 0 Å². The van der Waals surface area contributed by atoms with Crippen LogP contribution in [0.15, 0.2) is 42.6 Å². The number of hydrogen-bond donors (Lipinski definition) is 1. The van der Waals surface area contributed by atoms with Crippen LogP contribution in [0, 0.1) is 5.82 Å². The van der Waals surface area contributed by atoms with Crippen LogP contribution >= 0.6 is 0 Å². The summed E-state index contributed by atoms with van der Waals surface area (Å²) >= 11 is 0. The first-order valence-electron chi connectivity index (χ1n) is 9.29. The largest absolute Gasteiger partial charge is 0.434 e. The van der Waals surface area contributed by atoms with Gasteiger partial charge in [-0.25, -0.2) is 14.2 Å². The van der Waals surface area contributed by atoms with E-state index in [0.29, 0.717) is 24.8 Å². The standard InChI is InChI=1S/C20H25FN4O2/c1-3-24(4-2)15-11-13-25(14-15)20(26)23-17-9-7-12-22-19(17)27-18-10-6-5-8-16(18)21/h5-10,12,15H,3-4,11,13-14H2,1-2H3,(H,23,26). The number of halogens is 1. The van der Waals surface area contributed by atoms with Crippen molar-refractivity contribution >= 4 is 11.7 Å². The number of likely N-dealkylation sites (N-methyl/N-ethyl adjacent to an activating group) is 1. The molecular weight excluding hydrogens is 347 g/mol. The summed E-state index contributed by atoms with van der Waals surface area (Å²) in [6, 6.07) is 9.68. The lowest BCUT2D eigenvalue weighted by atomic mass is 10.2. The number of nitrogens with zero attached hydrogens (tertiary/aromatic N) is 3. The molecule has 0 aliphatic carbocycles.